The molecule has 0 radical (unpaired) electrons. The van der Waals surface area contributed by atoms with Crippen molar-refractivity contribution in [3.8, 4) is 17.2 Å². The third-order valence-electron chi connectivity index (χ3n) is 5.68. The topological polar surface area (TPSA) is 82.5 Å². The van der Waals surface area contributed by atoms with Crippen molar-refractivity contribution in [3.63, 3.8) is 0 Å². The number of ether oxygens (including phenoxy) is 2. The van der Waals surface area contributed by atoms with Crippen molar-refractivity contribution < 1.29 is 19.1 Å². The highest BCUT2D eigenvalue weighted by atomic mass is 16.5. The number of anilines is 1. The molecule has 0 bridgehead atoms. The predicted octanol–water partition coefficient (Wildman–Crippen LogP) is 4.07. The summed E-state index contributed by atoms with van der Waals surface area (Å²) in [5.41, 5.74) is 3.78. The normalized spacial score (nSPS) is 15.2. The minimum absolute atomic E-state index is 0.0361. The average Bonchev–Trinajstić information content (AvgIpc) is 3.13. The molecule has 0 spiro atoms. The lowest BCUT2D eigenvalue weighted by Gasteiger charge is -2.24. The number of benzene rings is 2. The van der Waals surface area contributed by atoms with Gasteiger partial charge in [-0.3, -0.25) is 9.59 Å². The van der Waals surface area contributed by atoms with Crippen LogP contribution in [0.4, 0.5) is 5.82 Å². The van der Waals surface area contributed by atoms with Gasteiger partial charge in [0.1, 0.15) is 22.9 Å². The van der Waals surface area contributed by atoms with Crippen LogP contribution in [0.25, 0.3) is 5.69 Å². The molecule has 7 nitrogen and oxygen atoms in total. The Hall–Kier alpha value is -3.61. The number of aromatic nitrogens is 2. The molecule has 2 aromatic carbocycles. The van der Waals surface area contributed by atoms with Crippen molar-refractivity contribution in [2.24, 2.45) is 0 Å². The monoisotopic (exact) mass is 419 g/mol. The standard InChI is InChI=1S/C24H25N3O4/c1-5-15-9-11-16(12-10-15)27-24-21(14(2)26-27)17(13-20(28)25-24)23(29)22-18(30-3)7-6-8-19(22)31-4/h6-12,17H,5,13H2,1-4H3,(H,25,28)/t17-/m1/s1. The molecular weight excluding hydrogens is 394 g/mol. The van der Waals surface area contributed by atoms with Gasteiger partial charge in [0.2, 0.25) is 5.91 Å². The summed E-state index contributed by atoms with van der Waals surface area (Å²) in [5, 5.41) is 7.57. The van der Waals surface area contributed by atoms with E-state index < -0.39 is 5.92 Å². The van der Waals surface area contributed by atoms with Gasteiger partial charge in [0.25, 0.3) is 0 Å². The number of methoxy groups -OCH3 is 2. The molecule has 4 rings (SSSR count). The van der Waals surface area contributed by atoms with Crippen LogP contribution in [0.5, 0.6) is 11.5 Å². The number of aryl methyl sites for hydroxylation is 2. The Labute approximate surface area is 181 Å². The Morgan fingerprint density at radius 2 is 1.77 bits per heavy atom. The SMILES string of the molecule is CCc1ccc(-n2nc(C)c3c2NC(=O)C[C@H]3C(=O)c2c(OC)cccc2OC)cc1. The van der Waals surface area contributed by atoms with E-state index in [-0.39, 0.29) is 18.1 Å². The molecule has 1 aliphatic rings. The van der Waals surface area contributed by atoms with E-state index >= 15 is 0 Å². The molecule has 2 heterocycles. The fourth-order valence-electron chi connectivity index (χ4n) is 4.10. The first-order valence-corrected chi connectivity index (χ1v) is 10.2. The molecule has 0 unspecified atom stereocenters. The van der Waals surface area contributed by atoms with Crippen LogP contribution in [0.15, 0.2) is 42.5 Å². The second-order valence-electron chi connectivity index (χ2n) is 7.49. The summed E-state index contributed by atoms with van der Waals surface area (Å²) < 4.78 is 12.5. The van der Waals surface area contributed by atoms with Crippen molar-refractivity contribution in [2.45, 2.75) is 32.6 Å². The van der Waals surface area contributed by atoms with Crippen molar-refractivity contribution in [1.29, 1.82) is 0 Å². The lowest BCUT2D eigenvalue weighted by atomic mass is 9.85. The van der Waals surface area contributed by atoms with Crippen LogP contribution in [-0.2, 0) is 11.2 Å². The van der Waals surface area contributed by atoms with Crippen LogP contribution in [0.2, 0.25) is 0 Å². The molecule has 1 aliphatic heterocycles. The van der Waals surface area contributed by atoms with Gasteiger partial charge in [-0.05, 0) is 43.2 Å². The quantitative estimate of drug-likeness (QED) is 0.609. The van der Waals surface area contributed by atoms with E-state index in [1.54, 1.807) is 22.9 Å². The van der Waals surface area contributed by atoms with Gasteiger partial charge in [0, 0.05) is 12.0 Å². The lowest BCUT2D eigenvalue weighted by molar-refractivity contribution is -0.116. The van der Waals surface area contributed by atoms with Gasteiger partial charge in [-0.1, -0.05) is 25.1 Å². The molecule has 160 valence electrons. The molecule has 0 saturated carbocycles. The molecule has 0 fully saturated rings. The Kier molecular flexibility index (Phi) is 5.50. The zero-order valence-electron chi connectivity index (χ0n) is 18.1. The maximum atomic E-state index is 13.7. The van der Waals surface area contributed by atoms with E-state index in [1.807, 2.05) is 31.2 Å². The molecule has 0 saturated heterocycles. The predicted molar refractivity (Wildman–Crippen MR) is 118 cm³/mol. The first-order valence-electron chi connectivity index (χ1n) is 10.2. The highest BCUT2D eigenvalue weighted by Crippen LogP contribution is 2.41. The maximum Gasteiger partial charge on any atom is 0.226 e. The Balaban J connectivity index is 1.83. The summed E-state index contributed by atoms with van der Waals surface area (Å²) in [6, 6.07) is 13.2. The molecular formula is C24H25N3O4. The second-order valence-corrected chi connectivity index (χ2v) is 7.49. The van der Waals surface area contributed by atoms with Gasteiger partial charge < -0.3 is 14.8 Å². The zero-order valence-corrected chi connectivity index (χ0v) is 18.1. The first kappa shape index (κ1) is 20.7. The summed E-state index contributed by atoms with van der Waals surface area (Å²) in [4.78, 5) is 26.3. The number of carbonyl (C=O) groups is 2. The van der Waals surface area contributed by atoms with Crippen molar-refractivity contribution in [1.82, 2.24) is 9.78 Å². The smallest absolute Gasteiger partial charge is 0.226 e. The highest BCUT2D eigenvalue weighted by molar-refractivity contribution is 6.10. The van der Waals surface area contributed by atoms with E-state index in [9.17, 15) is 9.59 Å². The number of hydrogen-bond acceptors (Lipinski definition) is 5. The first-order chi connectivity index (χ1) is 15.0. The molecule has 3 aromatic rings. The van der Waals surface area contributed by atoms with E-state index in [0.29, 0.717) is 28.6 Å². The van der Waals surface area contributed by atoms with Gasteiger partial charge in [-0.15, -0.1) is 0 Å². The third-order valence-corrected chi connectivity index (χ3v) is 5.68. The van der Waals surface area contributed by atoms with Crippen LogP contribution >= 0.6 is 0 Å². The lowest BCUT2D eigenvalue weighted by Crippen LogP contribution is -2.29. The number of ketones is 1. The Morgan fingerprint density at radius 1 is 1.13 bits per heavy atom. The minimum Gasteiger partial charge on any atom is -0.496 e. The third kappa shape index (κ3) is 3.56. The second kappa shape index (κ2) is 8.26. The van der Waals surface area contributed by atoms with Crippen LogP contribution in [-0.4, -0.2) is 35.7 Å². The fourth-order valence-corrected chi connectivity index (χ4v) is 4.10. The number of nitrogens with one attached hydrogen (secondary N) is 1. The van der Waals surface area contributed by atoms with Crippen molar-refractivity contribution in [2.75, 3.05) is 19.5 Å². The minimum atomic E-state index is -0.683. The van der Waals surface area contributed by atoms with Crippen LogP contribution in [0.1, 0.15) is 46.4 Å². The number of carbonyl (C=O) groups excluding carboxylic acids is 2. The fraction of sp³-hybridized carbons (Fsp3) is 0.292. The molecule has 1 amide bonds. The van der Waals surface area contributed by atoms with E-state index in [1.165, 1.54) is 19.8 Å². The number of amides is 1. The van der Waals surface area contributed by atoms with Gasteiger partial charge in [0.05, 0.1) is 31.5 Å². The van der Waals surface area contributed by atoms with Gasteiger partial charge in [-0.25, -0.2) is 4.68 Å². The number of fused-ring (bicyclic) bond motifs is 1. The number of rotatable bonds is 6. The zero-order chi connectivity index (χ0) is 22.1. The summed E-state index contributed by atoms with van der Waals surface area (Å²) in [6.07, 6.45) is 0.971. The van der Waals surface area contributed by atoms with Crippen molar-refractivity contribution >= 4 is 17.5 Å². The van der Waals surface area contributed by atoms with Crippen LogP contribution in [0.3, 0.4) is 0 Å². The molecule has 7 heteroatoms. The summed E-state index contributed by atoms with van der Waals surface area (Å²) in [5.74, 6) is 0.220. The number of Topliss-reactive ketones (excluding diaryl/α,β-unsaturated/α-hetero) is 1. The molecule has 31 heavy (non-hydrogen) atoms. The summed E-state index contributed by atoms with van der Waals surface area (Å²) in [7, 11) is 3.02. The average molecular weight is 419 g/mol. The number of hydrogen-bond donors (Lipinski definition) is 1. The summed E-state index contributed by atoms with van der Waals surface area (Å²) >= 11 is 0. The van der Waals surface area contributed by atoms with E-state index in [0.717, 1.165) is 17.7 Å². The van der Waals surface area contributed by atoms with Gasteiger partial charge in [0.15, 0.2) is 5.78 Å². The van der Waals surface area contributed by atoms with E-state index in [4.69, 9.17) is 9.47 Å². The van der Waals surface area contributed by atoms with Gasteiger partial charge in [-0.2, -0.15) is 5.10 Å². The molecule has 1 N–H and O–H groups in total. The van der Waals surface area contributed by atoms with E-state index in [2.05, 4.69) is 17.3 Å². The Bertz CT molecular complexity index is 1130. The van der Waals surface area contributed by atoms with Crippen LogP contribution in [0, 0.1) is 6.92 Å². The highest BCUT2D eigenvalue weighted by Gasteiger charge is 2.38. The molecule has 1 atom stereocenters. The Morgan fingerprint density at radius 3 is 2.35 bits per heavy atom. The number of nitrogens with zero attached hydrogens (tertiary/aromatic N) is 2. The van der Waals surface area contributed by atoms with Gasteiger partial charge >= 0.3 is 0 Å². The van der Waals surface area contributed by atoms with Crippen LogP contribution < -0.4 is 14.8 Å². The maximum absolute atomic E-state index is 13.7. The molecule has 0 aliphatic carbocycles. The largest absolute Gasteiger partial charge is 0.496 e. The summed E-state index contributed by atoms with van der Waals surface area (Å²) in [6.45, 7) is 3.95. The van der Waals surface area contributed by atoms with Crippen molar-refractivity contribution in [3.05, 3.63) is 64.8 Å². The molecule has 1 aromatic heterocycles.